The lowest BCUT2D eigenvalue weighted by atomic mass is 9.79. The highest BCUT2D eigenvalue weighted by molar-refractivity contribution is 7.89. The summed E-state index contributed by atoms with van der Waals surface area (Å²) < 4.78 is 33.9. The minimum Gasteiger partial charge on any atom is -0.460 e. The summed E-state index contributed by atoms with van der Waals surface area (Å²) >= 11 is 0. The van der Waals surface area contributed by atoms with Crippen LogP contribution in [0.5, 0.6) is 0 Å². The summed E-state index contributed by atoms with van der Waals surface area (Å²) in [5, 5.41) is 14.4. The first-order valence-electron chi connectivity index (χ1n) is 14.6. The van der Waals surface area contributed by atoms with Gasteiger partial charge >= 0.3 is 5.97 Å². The van der Waals surface area contributed by atoms with E-state index in [1.54, 1.807) is 39.0 Å². The molecular weight excluding hydrogens is 564 g/mol. The van der Waals surface area contributed by atoms with Gasteiger partial charge in [0.25, 0.3) is 0 Å². The van der Waals surface area contributed by atoms with Gasteiger partial charge in [0.05, 0.1) is 28.4 Å². The summed E-state index contributed by atoms with van der Waals surface area (Å²) in [6.07, 6.45) is -0.970. The van der Waals surface area contributed by atoms with Crippen molar-refractivity contribution in [1.29, 1.82) is 0 Å². The molecule has 0 aliphatic rings. The lowest BCUT2D eigenvalue weighted by Gasteiger charge is -2.33. The van der Waals surface area contributed by atoms with E-state index in [4.69, 9.17) is 4.74 Å². The van der Waals surface area contributed by atoms with E-state index < -0.39 is 45.4 Å². The molecular formula is C34H44N2O6S. The Balaban J connectivity index is 1.80. The molecule has 0 aliphatic carbocycles. The first kappa shape index (κ1) is 34.0. The number of esters is 1. The molecule has 0 bridgehead atoms. The zero-order valence-corrected chi connectivity index (χ0v) is 26.5. The third-order valence-corrected chi connectivity index (χ3v) is 9.49. The van der Waals surface area contributed by atoms with Crippen LogP contribution in [0, 0.1) is 17.3 Å². The second-order valence-corrected chi connectivity index (χ2v) is 13.8. The molecule has 3 aromatic rings. The first-order chi connectivity index (χ1) is 20.3. The summed E-state index contributed by atoms with van der Waals surface area (Å²) in [6, 6.07) is 25.9. The number of amides is 1. The molecule has 0 radical (unpaired) electrons. The topological polar surface area (TPSA) is 113 Å². The molecule has 0 heterocycles. The Kier molecular flexibility index (Phi) is 12.1. The Morgan fingerprint density at radius 1 is 0.837 bits per heavy atom. The number of carbonyl (C=O) groups is 2. The number of aliphatic hydroxyl groups excluding tert-OH is 1. The van der Waals surface area contributed by atoms with Crippen LogP contribution in [0.15, 0.2) is 95.9 Å². The SMILES string of the molecule is CC(C)CN(CC(O)C(Cc1ccccc1)NC(=O)C(C)C(C)(C)C(=O)OCc1ccccc1)S(=O)(=O)c1ccccc1. The monoisotopic (exact) mass is 608 g/mol. The average Bonchev–Trinajstić information content (AvgIpc) is 2.99. The fourth-order valence-electron chi connectivity index (χ4n) is 4.63. The van der Waals surface area contributed by atoms with Gasteiger partial charge in [-0.2, -0.15) is 4.31 Å². The minimum absolute atomic E-state index is 0.00410. The smallest absolute Gasteiger partial charge is 0.312 e. The maximum atomic E-state index is 13.6. The first-order valence-corrected chi connectivity index (χ1v) is 16.0. The number of benzene rings is 3. The lowest BCUT2D eigenvalue weighted by Crippen LogP contribution is -2.53. The number of nitrogens with zero attached hydrogens (tertiary/aromatic N) is 1. The van der Waals surface area contributed by atoms with Crippen LogP contribution in [0.1, 0.15) is 45.7 Å². The van der Waals surface area contributed by atoms with Crippen LogP contribution in [-0.2, 0) is 37.4 Å². The predicted molar refractivity (Wildman–Crippen MR) is 167 cm³/mol. The summed E-state index contributed by atoms with van der Waals surface area (Å²) in [6.45, 7) is 8.84. The van der Waals surface area contributed by atoms with Gasteiger partial charge in [-0.05, 0) is 49.4 Å². The van der Waals surface area contributed by atoms with Crippen LogP contribution in [0.2, 0.25) is 0 Å². The van der Waals surface area contributed by atoms with Gasteiger partial charge in [0.15, 0.2) is 0 Å². The molecule has 0 spiro atoms. The van der Waals surface area contributed by atoms with Crippen LogP contribution in [0.3, 0.4) is 0 Å². The van der Waals surface area contributed by atoms with Gasteiger partial charge in [0.1, 0.15) is 6.61 Å². The van der Waals surface area contributed by atoms with Crippen molar-refractivity contribution in [2.24, 2.45) is 17.3 Å². The van der Waals surface area contributed by atoms with Crippen molar-refractivity contribution in [2.45, 2.75) is 64.7 Å². The third-order valence-electron chi connectivity index (χ3n) is 7.65. The van der Waals surface area contributed by atoms with E-state index in [-0.39, 0.29) is 36.9 Å². The average molecular weight is 609 g/mol. The van der Waals surface area contributed by atoms with E-state index in [1.165, 1.54) is 16.4 Å². The Hall–Kier alpha value is -3.53. The van der Waals surface area contributed by atoms with Crippen molar-refractivity contribution in [3.63, 3.8) is 0 Å². The summed E-state index contributed by atoms with van der Waals surface area (Å²) in [7, 11) is -3.91. The molecule has 3 atom stereocenters. The van der Waals surface area contributed by atoms with E-state index in [0.29, 0.717) is 0 Å². The number of hydrogen-bond acceptors (Lipinski definition) is 6. The van der Waals surface area contributed by atoms with E-state index in [2.05, 4.69) is 5.32 Å². The lowest BCUT2D eigenvalue weighted by molar-refractivity contribution is -0.161. The van der Waals surface area contributed by atoms with E-state index in [0.717, 1.165) is 11.1 Å². The van der Waals surface area contributed by atoms with Crippen molar-refractivity contribution in [1.82, 2.24) is 9.62 Å². The normalized spacial score (nSPS) is 14.2. The Bertz CT molecular complexity index is 1410. The molecule has 3 unspecified atom stereocenters. The second-order valence-electron chi connectivity index (χ2n) is 11.9. The van der Waals surface area contributed by atoms with Crippen molar-refractivity contribution >= 4 is 21.9 Å². The number of hydrogen-bond donors (Lipinski definition) is 2. The van der Waals surface area contributed by atoms with Crippen LogP contribution in [-0.4, -0.2) is 54.9 Å². The van der Waals surface area contributed by atoms with Crippen LogP contribution < -0.4 is 5.32 Å². The molecule has 2 N–H and O–H groups in total. The van der Waals surface area contributed by atoms with Gasteiger partial charge < -0.3 is 15.2 Å². The van der Waals surface area contributed by atoms with Crippen molar-refractivity contribution in [3.8, 4) is 0 Å². The predicted octanol–water partition coefficient (Wildman–Crippen LogP) is 4.83. The van der Waals surface area contributed by atoms with Crippen LogP contribution in [0.25, 0.3) is 0 Å². The molecule has 0 aliphatic heterocycles. The molecule has 232 valence electrons. The Morgan fingerprint density at radius 3 is 1.88 bits per heavy atom. The Morgan fingerprint density at radius 2 is 1.35 bits per heavy atom. The Labute approximate surface area is 256 Å². The molecule has 0 saturated heterocycles. The minimum atomic E-state index is -3.91. The van der Waals surface area contributed by atoms with Gasteiger partial charge in [-0.15, -0.1) is 0 Å². The van der Waals surface area contributed by atoms with Gasteiger partial charge in [-0.1, -0.05) is 99.6 Å². The standard InChI is InChI=1S/C34H44N2O6S/c1-25(2)22-36(43(40,41)29-19-13-8-14-20-29)23-31(37)30(21-27-15-9-6-10-16-27)35-32(38)26(3)34(4,5)33(39)42-24-28-17-11-7-12-18-28/h6-20,25-26,30-31,37H,21-24H2,1-5H3,(H,35,38). The second kappa shape index (κ2) is 15.3. The number of nitrogens with one attached hydrogen (secondary N) is 1. The zero-order valence-electron chi connectivity index (χ0n) is 25.6. The molecule has 8 nitrogen and oxygen atoms in total. The van der Waals surface area contributed by atoms with Gasteiger partial charge in [0, 0.05) is 13.1 Å². The largest absolute Gasteiger partial charge is 0.460 e. The maximum absolute atomic E-state index is 13.6. The molecule has 3 aromatic carbocycles. The quantitative estimate of drug-likeness (QED) is 0.239. The highest BCUT2D eigenvalue weighted by Crippen LogP contribution is 2.29. The van der Waals surface area contributed by atoms with Crippen LogP contribution >= 0.6 is 0 Å². The summed E-state index contributed by atoms with van der Waals surface area (Å²) in [5.41, 5.74) is 0.537. The van der Waals surface area contributed by atoms with E-state index >= 15 is 0 Å². The molecule has 0 aromatic heterocycles. The van der Waals surface area contributed by atoms with Crippen LogP contribution in [0.4, 0.5) is 0 Å². The summed E-state index contributed by atoms with van der Waals surface area (Å²) in [5.74, 6) is -1.77. The molecule has 3 rings (SSSR count). The number of rotatable bonds is 15. The van der Waals surface area contributed by atoms with E-state index in [9.17, 15) is 23.1 Å². The van der Waals surface area contributed by atoms with Crippen molar-refractivity contribution < 1.29 is 27.9 Å². The zero-order chi connectivity index (χ0) is 31.6. The van der Waals surface area contributed by atoms with Gasteiger partial charge in [-0.25, -0.2) is 8.42 Å². The highest BCUT2D eigenvalue weighted by Gasteiger charge is 2.41. The molecule has 43 heavy (non-hydrogen) atoms. The van der Waals surface area contributed by atoms with Crippen molar-refractivity contribution in [3.05, 3.63) is 102 Å². The number of aliphatic hydroxyl groups is 1. The molecule has 0 saturated carbocycles. The fourth-order valence-corrected chi connectivity index (χ4v) is 6.27. The number of sulfonamides is 1. The maximum Gasteiger partial charge on any atom is 0.312 e. The van der Waals surface area contributed by atoms with E-state index in [1.807, 2.05) is 74.5 Å². The van der Waals surface area contributed by atoms with Gasteiger partial charge in [-0.3, -0.25) is 9.59 Å². The molecule has 1 amide bonds. The number of ether oxygens (including phenoxy) is 1. The molecule has 0 fully saturated rings. The third kappa shape index (κ3) is 9.48. The molecule has 9 heteroatoms. The van der Waals surface area contributed by atoms with Crippen molar-refractivity contribution in [2.75, 3.05) is 13.1 Å². The number of carbonyl (C=O) groups excluding carboxylic acids is 2. The van der Waals surface area contributed by atoms with Gasteiger partial charge in [0.2, 0.25) is 15.9 Å². The fraction of sp³-hybridized carbons (Fsp3) is 0.412. The highest BCUT2D eigenvalue weighted by atomic mass is 32.2. The summed E-state index contributed by atoms with van der Waals surface area (Å²) in [4.78, 5) is 26.8.